The SMILES string of the molecule is CCC(CC1CC1)OC. The van der Waals surface area contributed by atoms with Gasteiger partial charge in [0, 0.05) is 7.11 Å². The fraction of sp³-hybridized carbons (Fsp3) is 1.00. The summed E-state index contributed by atoms with van der Waals surface area (Å²) in [6.45, 7) is 2.19. The smallest absolute Gasteiger partial charge is 0.0571 e. The molecule has 0 aromatic carbocycles. The predicted molar refractivity (Wildman–Crippen MR) is 38.4 cm³/mol. The van der Waals surface area contributed by atoms with E-state index in [0.29, 0.717) is 6.10 Å². The lowest BCUT2D eigenvalue weighted by molar-refractivity contribution is 0.0874. The van der Waals surface area contributed by atoms with Gasteiger partial charge in [-0.15, -0.1) is 0 Å². The van der Waals surface area contributed by atoms with Crippen molar-refractivity contribution in [2.24, 2.45) is 5.92 Å². The first kappa shape index (κ1) is 7.07. The Labute approximate surface area is 57.4 Å². The Morgan fingerprint density at radius 1 is 1.56 bits per heavy atom. The zero-order valence-electron chi connectivity index (χ0n) is 6.39. The van der Waals surface area contributed by atoms with Crippen molar-refractivity contribution in [1.29, 1.82) is 0 Å². The quantitative estimate of drug-likeness (QED) is 0.564. The standard InChI is InChI=1S/C8H16O/c1-3-8(9-2)6-7-4-5-7/h7-8H,3-6H2,1-2H3. The molecule has 1 nitrogen and oxygen atoms in total. The molecule has 0 saturated heterocycles. The Hall–Kier alpha value is -0.0400. The summed E-state index contributed by atoms with van der Waals surface area (Å²) in [5.74, 6) is 1.01. The van der Waals surface area contributed by atoms with Crippen molar-refractivity contribution in [3.05, 3.63) is 0 Å². The van der Waals surface area contributed by atoms with Gasteiger partial charge < -0.3 is 4.74 Å². The lowest BCUT2D eigenvalue weighted by Gasteiger charge is -2.10. The first-order chi connectivity index (χ1) is 4.36. The van der Waals surface area contributed by atoms with Crippen molar-refractivity contribution < 1.29 is 4.74 Å². The summed E-state index contributed by atoms with van der Waals surface area (Å²) in [5.41, 5.74) is 0. The van der Waals surface area contributed by atoms with Gasteiger partial charge in [-0.05, 0) is 18.8 Å². The molecule has 54 valence electrons. The highest BCUT2D eigenvalue weighted by molar-refractivity contribution is 4.76. The van der Waals surface area contributed by atoms with E-state index in [2.05, 4.69) is 6.92 Å². The van der Waals surface area contributed by atoms with Crippen LogP contribution in [-0.2, 0) is 4.74 Å². The van der Waals surface area contributed by atoms with Gasteiger partial charge in [0.05, 0.1) is 6.10 Å². The lowest BCUT2D eigenvalue weighted by Crippen LogP contribution is -2.08. The highest BCUT2D eigenvalue weighted by atomic mass is 16.5. The second-order valence-electron chi connectivity index (χ2n) is 2.95. The van der Waals surface area contributed by atoms with Crippen molar-refractivity contribution in [1.82, 2.24) is 0 Å². The highest BCUT2D eigenvalue weighted by Crippen LogP contribution is 2.34. The first-order valence-corrected chi connectivity index (χ1v) is 3.89. The van der Waals surface area contributed by atoms with Gasteiger partial charge in [0.15, 0.2) is 0 Å². The number of rotatable bonds is 4. The van der Waals surface area contributed by atoms with Gasteiger partial charge in [0.25, 0.3) is 0 Å². The molecular weight excluding hydrogens is 112 g/mol. The molecule has 1 aliphatic carbocycles. The molecule has 1 heteroatoms. The summed E-state index contributed by atoms with van der Waals surface area (Å²) >= 11 is 0. The van der Waals surface area contributed by atoms with Gasteiger partial charge >= 0.3 is 0 Å². The summed E-state index contributed by atoms with van der Waals surface area (Å²) in [7, 11) is 1.82. The van der Waals surface area contributed by atoms with E-state index in [1.54, 1.807) is 0 Å². The average Bonchev–Trinajstić information content (AvgIpc) is 2.66. The van der Waals surface area contributed by atoms with E-state index in [0.717, 1.165) is 5.92 Å². The van der Waals surface area contributed by atoms with Crippen molar-refractivity contribution >= 4 is 0 Å². The van der Waals surface area contributed by atoms with E-state index < -0.39 is 0 Å². The van der Waals surface area contributed by atoms with Crippen LogP contribution in [-0.4, -0.2) is 13.2 Å². The molecule has 0 N–H and O–H groups in total. The lowest BCUT2D eigenvalue weighted by atomic mass is 10.1. The van der Waals surface area contributed by atoms with Crippen LogP contribution in [0.25, 0.3) is 0 Å². The summed E-state index contributed by atoms with van der Waals surface area (Å²) in [6.07, 6.45) is 5.90. The molecule has 1 fully saturated rings. The Morgan fingerprint density at radius 2 is 2.22 bits per heavy atom. The molecule has 1 unspecified atom stereocenters. The zero-order chi connectivity index (χ0) is 6.69. The maximum Gasteiger partial charge on any atom is 0.0571 e. The van der Waals surface area contributed by atoms with Gasteiger partial charge in [-0.3, -0.25) is 0 Å². The molecule has 0 radical (unpaired) electrons. The Bertz CT molecular complexity index is 72.6. The number of methoxy groups -OCH3 is 1. The van der Waals surface area contributed by atoms with E-state index >= 15 is 0 Å². The zero-order valence-corrected chi connectivity index (χ0v) is 6.39. The second-order valence-corrected chi connectivity index (χ2v) is 2.95. The molecular formula is C8H16O. The van der Waals surface area contributed by atoms with E-state index in [9.17, 15) is 0 Å². The van der Waals surface area contributed by atoms with E-state index in [-0.39, 0.29) is 0 Å². The third-order valence-electron chi connectivity index (χ3n) is 2.08. The van der Waals surface area contributed by atoms with Gasteiger partial charge in [-0.1, -0.05) is 19.8 Å². The molecule has 1 atom stereocenters. The Kier molecular flexibility index (Phi) is 2.52. The van der Waals surface area contributed by atoms with Crippen molar-refractivity contribution in [2.75, 3.05) is 7.11 Å². The minimum atomic E-state index is 0.539. The molecule has 1 saturated carbocycles. The molecule has 0 amide bonds. The van der Waals surface area contributed by atoms with Crippen LogP contribution in [0.1, 0.15) is 32.6 Å². The topological polar surface area (TPSA) is 9.23 Å². The minimum absolute atomic E-state index is 0.539. The van der Waals surface area contributed by atoms with Crippen molar-refractivity contribution in [2.45, 2.75) is 38.7 Å². The largest absolute Gasteiger partial charge is 0.381 e. The van der Waals surface area contributed by atoms with Gasteiger partial charge in [-0.2, -0.15) is 0 Å². The van der Waals surface area contributed by atoms with Crippen LogP contribution in [0.3, 0.4) is 0 Å². The molecule has 1 aliphatic rings. The fourth-order valence-electron chi connectivity index (χ4n) is 1.15. The molecule has 0 aromatic heterocycles. The minimum Gasteiger partial charge on any atom is -0.381 e. The predicted octanol–water partition coefficient (Wildman–Crippen LogP) is 2.21. The highest BCUT2D eigenvalue weighted by Gasteiger charge is 2.24. The summed E-state index contributed by atoms with van der Waals surface area (Å²) in [5, 5.41) is 0. The Balaban J connectivity index is 2.05. The number of hydrogen-bond donors (Lipinski definition) is 0. The van der Waals surface area contributed by atoms with E-state index in [1.165, 1.54) is 25.7 Å². The van der Waals surface area contributed by atoms with Crippen LogP contribution in [0.15, 0.2) is 0 Å². The normalized spacial score (nSPS) is 22.0. The molecule has 0 spiro atoms. The van der Waals surface area contributed by atoms with Gasteiger partial charge in [0.1, 0.15) is 0 Å². The molecule has 0 heterocycles. The second kappa shape index (κ2) is 3.21. The number of hydrogen-bond acceptors (Lipinski definition) is 1. The first-order valence-electron chi connectivity index (χ1n) is 3.89. The summed E-state index contributed by atoms with van der Waals surface area (Å²) in [4.78, 5) is 0. The van der Waals surface area contributed by atoms with Crippen LogP contribution in [0.2, 0.25) is 0 Å². The third-order valence-corrected chi connectivity index (χ3v) is 2.08. The Morgan fingerprint density at radius 3 is 2.56 bits per heavy atom. The van der Waals surface area contributed by atoms with Gasteiger partial charge in [0.2, 0.25) is 0 Å². The third kappa shape index (κ3) is 2.35. The summed E-state index contributed by atoms with van der Waals surface area (Å²) < 4.78 is 5.25. The fourth-order valence-corrected chi connectivity index (χ4v) is 1.15. The molecule has 0 aromatic rings. The summed E-state index contributed by atoms with van der Waals surface area (Å²) in [6, 6.07) is 0. The van der Waals surface area contributed by atoms with Crippen molar-refractivity contribution in [3.63, 3.8) is 0 Å². The average molecular weight is 128 g/mol. The molecule has 0 bridgehead atoms. The van der Waals surface area contributed by atoms with Crippen molar-refractivity contribution in [3.8, 4) is 0 Å². The van der Waals surface area contributed by atoms with Crippen LogP contribution in [0, 0.1) is 5.92 Å². The van der Waals surface area contributed by atoms with E-state index in [1.807, 2.05) is 7.11 Å². The van der Waals surface area contributed by atoms with Crippen LogP contribution < -0.4 is 0 Å². The maximum absolute atomic E-state index is 5.25. The van der Waals surface area contributed by atoms with E-state index in [4.69, 9.17) is 4.74 Å². The molecule has 1 rings (SSSR count). The van der Waals surface area contributed by atoms with Crippen LogP contribution in [0.4, 0.5) is 0 Å². The maximum atomic E-state index is 5.25. The molecule has 9 heavy (non-hydrogen) atoms. The number of ether oxygens (including phenoxy) is 1. The van der Waals surface area contributed by atoms with Crippen LogP contribution in [0.5, 0.6) is 0 Å². The van der Waals surface area contributed by atoms with Crippen LogP contribution >= 0.6 is 0 Å². The molecule has 0 aliphatic heterocycles. The van der Waals surface area contributed by atoms with Gasteiger partial charge in [-0.25, -0.2) is 0 Å². The monoisotopic (exact) mass is 128 g/mol.